The van der Waals surface area contributed by atoms with Crippen molar-refractivity contribution in [3.63, 3.8) is 0 Å². The van der Waals surface area contributed by atoms with Gasteiger partial charge in [-0.05, 0) is 72.3 Å². The van der Waals surface area contributed by atoms with E-state index in [0.717, 1.165) is 42.0 Å². The zero-order valence-corrected chi connectivity index (χ0v) is 46.3. The standard InChI is InChI=1S/C66H111NO2/c1-5-9-13-17-21-25-27-31-35-39-46-56(45-38-33-29-23-19-15-11-7-3)53-60-59-50-43-37-42-49-58(59)55-63(68)64-61(62-51-44-52-67(62)66(69)65(60)64)54-57(47-40-34-30-24-20-16-12-8-4)48-41-36-32-28-26-22-18-14-10-6-2/h37,43-44,50-52,56-58H,5-36,38-42,45-49,53-55H2,1-4H3. The van der Waals surface area contributed by atoms with E-state index in [1.54, 1.807) is 0 Å². The van der Waals surface area contributed by atoms with Gasteiger partial charge in [-0.3, -0.25) is 14.0 Å². The zero-order valence-electron chi connectivity index (χ0n) is 46.3. The first-order valence-electron chi connectivity index (χ1n) is 31.1. The topological polar surface area (TPSA) is 38.5 Å². The Morgan fingerprint density at radius 2 is 0.899 bits per heavy atom. The molecule has 2 aromatic heterocycles. The molecule has 2 aliphatic carbocycles. The molecule has 0 spiro atoms. The van der Waals surface area contributed by atoms with E-state index in [2.05, 4.69) is 58.1 Å². The van der Waals surface area contributed by atoms with Gasteiger partial charge in [0.25, 0.3) is 5.56 Å². The van der Waals surface area contributed by atoms with Crippen LogP contribution < -0.4 is 10.8 Å². The molecule has 0 aliphatic heterocycles. The largest absolute Gasteiger partial charge is 0.294 e. The molecule has 0 saturated carbocycles. The molecule has 0 amide bonds. The highest BCUT2D eigenvalue weighted by Gasteiger charge is 2.33. The van der Waals surface area contributed by atoms with Crippen molar-refractivity contribution in [1.82, 2.24) is 4.40 Å². The van der Waals surface area contributed by atoms with Gasteiger partial charge in [0.1, 0.15) is 0 Å². The number of rotatable bonds is 44. The van der Waals surface area contributed by atoms with Crippen molar-refractivity contribution < 1.29 is 4.79 Å². The van der Waals surface area contributed by atoms with Crippen LogP contribution in [0, 0.1) is 17.8 Å². The smallest absolute Gasteiger partial charge is 0.263 e. The number of nitrogens with zero attached hydrogens (tertiary/aromatic N) is 1. The van der Waals surface area contributed by atoms with Crippen molar-refractivity contribution in [2.75, 3.05) is 0 Å². The molecular formula is C66H111NO2. The van der Waals surface area contributed by atoms with Crippen LogP contribution in [0.3, 0.4) is 0 Å². The summed E-state index contributed by atoms with van der Waals surface area (Å²) in [7, 11) is 0. The molecule has 2 aromatic rings. The molecule has 0 N–H and O–H groups in total. The molecule has 2 aliphatic rings. The summed E-state index contributed by atoms with van der Waals surface area (Å²) >= 11 is 0. The Morgan fingerprint density at radius 3 is 1.32 bits per heavy atom. The molecular weight excluding hydrogens is 839 g/mol. The van der Waals surface area contributed by atoms with Crippen LogP contribution in [0.5, 0.6) is 0 Å². The Hall–Kier alpha value is -2.42. The number of carbonyl (C=O) groups is 1. The lowest BCUT2D eigenvalue weighted by Gasteiger charge is -2.24. The molecule has 2 heterocycles. The van der Waals surface area contributed by atoms with E-state index < -0.39 is 0 Å². The lowest BCUT2D eigenvalue weighted by atomic mass is 9.81. The molecule has 4 rings (SSSR count). The third-order valence-electron chi connectivity index (χ3n) is 16.8. The van der Waals surface area contributed by atoms with E-state index in [4.69, 9.17) is 0 Å². The fraction of sp³-hybridized carbons (Fsp3) is 0.788. The highest BCUT2D eigenvalue weighted by Crippen LogP contribution is 2.39. The molecule has 0 saturated heterocycles. The third kappa shape index (κ3) is 22.9. The summed E-state index contributed by atoms with van der Waals surface area (Å²) in [5.74, 6) is 1.51. The number of Topliss-reactive ketones (excluding diaryl/α,β-unsaturated/α-hetero) is 1. The quantitative estimate of drug-likeness (QED) is 0.0621. The summed E-state index contributed by atoms with van der Waals surface area (Å²) in [4.78, 5) is 30.4. The first-order chi connectivity index (χ1) is 34.0. The van der Waals surface area contributed by atoms with Gasteiger partial charge in [-0.25, -0.2) is 0 Å². The summed E-state index contributed by atoms with van der Waals surface area (Å²) in [6, 6.07) is 4.24. The summed E-state index contributed by atoms with van der Waals surface area (Å²) in [5.41, 5.74) is 5.68. The molecule has 3 unspecified atom stereocenters. The van der Waals surface area contributed by atoms with E-state index in [1.165, 1.54) is 274 Å². The summed E-state index contributed by atoms with van der Waals surface area (Å²) < 4.78 is 1.97. The Kier molecular flexibility index (Phi) is 32.8. The van der Waals surface area contributed by atoms with Crippen LogP contribution in [-0.2, 0) is 6.42 Å². The number of hydrogen-bond donors (Lipinski definition) is 0. The monoisotopic (exact) mass is 950 g/mol. The van der Waals surface area contributed by atoms with Crippen LogP contribution >= 0.6 is 0 Å². The van der Waals surface area contributed by atoms with E-state index in [-0.39, 0.29) is 17.3 Å². The molecule has 0 bridgehead atoms. The van der Waals surface area contributed by atoms with Crippen molar-refractivity contribution in [3.05, 3.63) is 68.8 Å². The van der Waals surface area contributed by atoms with Gasteiger partial charge in [0.15, 0.2) is 5.78 Å². The minimum Gasteiger partial charge on any atom is -0.294 e. The number of allylic oxidation sites excluding steroid dienone is 4. The van der Waals surface area contributed by atoms with Gasteiger partial charge in [0.05, 0.1) is 10.7 Å². The lowest BCUT2D eigenvalue weighted by molar-refractivity contribution is 0.0965. The molecule has 3 atom stereocenters. The maximum Gasteiger partial charge on any atom is 0.263 e. The Bertz CT molecular complexity index is 1790. The average Bonchev–Trinajstić information content (AvgIpc) is 3.70. The summed E-state index contributed by atoms with van der Waals surface area (Å²) in [6.45, 7) is 9.24. The first kappa shape index (κ1) is 59.1. The van der Waals surface area contributed by atoms with Crippen LogP contribution in [-0.4, -0.2) is 10.2 Å². The fourth-order valence-corrected chi connectivity index (χ4v) is 12.5. The molecule has 0 fully saturated rings. The molecule has 0 aromatic carbocycles. The van der Waals surface area contributed by atoms with Crippen molar-refractivity contribution in [2.45, 2.75) is 317 Å². The summed E-state index contributed by atoms with van der Waals surface area (Å²) in [5, 5.41) is 0.802. The Morgan fingerprint density at radius 1 is 0.507 bits per heavy atom. The van der Waals surface area contributed by atoms with E-state index in [0.29, 0.717) is 18.3 Å². The minimum atomic E-state index is 0.0611. The van der Waals surface area contributed by atoms with Crippen LogP contribution in [0.25, 0.3) is 11.1 Å². The van der Waals surface area contributed by atoms with Gasteiger partial charge in [0.2, 0.25) is 0 Å². The number of unbranched alkanes of at least 4 members (excludes halogenated alkanes) is 32. The summed E-state index contributed by atoms with van der Waals surface area (Å²) in [6.07, 6.45) is 67.0. The predicted molar refractivity (Wildman–Crippen MR) is 304 cm³/mol. The number of fused-ring (bicyclic) bond motifs is 3. The maximum atomic E-state index is 15.2. The molecule has 392 valence electrons. The second-order valence-electron chi connectivity index (χ2n) is 22.8. The second-order valence-corrected chi connectivity index (χ2v) is 22.8. The number of aromatic nitrogens is 1. The molecule has 3 nitrogen and oxygen atoms in total. The van der Waals surface area contributed by atoms with Crippen molar-refractivity contribution >= 4 is 16.9 Å². The second kappa shape index (κ2) is 38.2. The average molecular weight is 951 g/mol. The van der Waals surface area contributed by atoms with Gasteiger partial charge in [-0.1, -0.05) is 303 Å². The fourth-order valence-electron chi connectivity index (χ4n) is 12.5. The van der Waals surface area contributed by atoms with Gasteiger partial charge in [-0.2, -0.15) is 0 Å². The highest BCUT2D eigenvalue weighted by molar-refractivity contribution is 6.02. The highest BCUT2D eigenvalue weighted by atomic mass is 16.1. The normalized spacial score (nSPS) is 15.9. The number of pyridine rings is 1. The SMILES string of the molecule is CCCCCCCCCCCCC(CCCCCCCCCC)CC1=c2c(c(CC(CCCCCCCCCC)CCCCCCCCCCCC)c3cccn3c2=O)C(=O)CC2CCC=CC=C12. The van der Waals surface area contributed by atoms with Crippen LogP contribution in [0.4, 0.5) is 0 Å². The van der Waals surface area contributed by atoms with E-state index in [1.807, 2.05) is 10.6 Å². The Labute approximate surface area is 427 Å². The minimum absolute atomic E-state index is 0.0611. The third-order valence-corrected chi connectivity index (χ3v) is 16.8. The molecule has 3 heteroatoms. The maximum absolute atomic E-state index is 15.2. The number of hydrogen-bond acceptors (Lipinski definition) is 2. The number of ketones is 1. The first-order valence-corrected chi connectivity index (χ1v) is 31.1. The molecule has 69 heavy (non-hydrogen) atoms. The number of carbonyl (C=O) groups excluding carboxylic acids is 1. The van der Waals surface area contributed by atoms with Gasteiger partial charge >= 0.3 is 0 Å². The predicted octanol–water partition coefficient (Wildman–Crippen LogP) is 20.5. The van der Waals surface area contributed by atoms with Crippen LogP contribution in [0.15, 0.2) is 46.9 Å². The lowest BCUT2D eigenvalue weighted by Crippen LogP contribution is -2.39. The van der Waals surface area contributed by atoms with Crippen molar-refractivity contribution in [1.29, 1.82) is 0 Å². The van der Waals surface area contributed by atoms with Crippen molar-refractivity contribution in [3.8, 4) is 0 Å². The van der Waals surface area contributed by atoms with E-state index >= 15 is 9.59 Å². The van der Waals surface area contributed by atoms with Gasteiger partial charge in [-0.15, -0.1) is 0 Å². The zero-order chi connectivity index (χ0) is 49.0. The molecule has 0 radical (unpaired) electrons. The van der Waals surface area contributed by atoms with E-state index in [9.17, 15) is 0 Å². The van der Waals surface area contributed by atoms with Crippen LogP contribution in [0.2, 0.25) is 0 Å². The van der Waals surface area contributed by atoms with Crippen LogP contribution in [0.1, 0.15) is 326 Å². The Balaban J connectivity index is 1.64. The van der Waals surface area contributed by atoms with Gasteiger partial charge in [0, 0.05) is 18.2 Å². The van der Waals surface area contributed by atoms with Crippen molar-refractivity contribution in [2.24, 2.45) is 17.8 Å². The van der Waals surface area contributed by atoms with Gasteiger partial charge < -0.3 is 0 Å².